The number of benzene rings is 1. The minimum absolute atomic E-state index is 0.132. The highest BCUT2D eigenvalue weighted by molar-refractivity contribution is 5.94. The number of fused-ring (bicyclic) bond motifs is 1. The van der Waals surface area contributed by atoms with Crippen LogP contribution in [0.1, 0.15) is 46.1 Å². The van der Waals surface area contributed by atoms with Gasteiger partial charge >= 0.3 is 0 Å². The van der Waals surface area contributed by atoms with Crippen molar-refractivity contribution in [3.05, 3.63) is 65.0 Å². The molecule has 3 aromatic rings. The fraction of sp³-hybridized carbons (Fsp3) is 0.273. The number of carbonyl (C=O) groups excluding carboxylic acids is 1. The molecule has 1 N–H and O–H groups in total. The lowest BCUT2D eigenvalue weighted by atomic mass is 10.0. The van der Waals surface area contributed by atoms with E-state index in [-0.39, 0.29) is 11.9 Å². The summed E-state index contributed by atoms with van der Waals surface area (Å²) in [6.07, 6.45) is 3.54. The summed E-state index contributed by atoms with van der Waals surface area (Å²) in [5.74, 6) is 0.351. The van der Waals surface area contributed by atoms with Crippen molar-refractivity contribution in [1.29, 1.82) is 5.26 Å². The summed E-state index contributed by atoms with van der Waals surface area (Å²) in [6.45, 7) is 2.80. The van der Waals surface area contributed by atoms with Crippen molar-refractivity contribution in [2.24, 2.45) is 0 Å². The van der Waals surface area contributed by atoms with Gasteiger partial charge in [0.2, 0.25) is 5.88 Å². The first-order valence-corrected chi connectivity index (χ1v) is 9.49. The lowest BCUT2D eigenvalue weighted by molar-refractivity contribution is 0.0928. The highest BCUT2D eigenvalue weighted by atomic mass is 16.5. The van der Waals surface area contributed by atoms with Crippen LogP contribution in [0.3, 0.4) is 0 Å². The maximum Gasteiger partial charge on any atom is 0.251 e. The summed E-state index contributed by atoms with van der Waals surface area (Å²) in [6, 6.07) is 12.6. The number of pyridine rings is 1. The topological polar surface area (TPSA) is 92.8 Å². The lowest BCUT2D eigenvalue weighted by Gasteiger charge is -2.24. The third kappa shape index (κ3) is 3.69. The molecule has 1 unspecified atom stereocenters. The Balaban J connectivity index is 1.62. The molecule has 0 radical (unpaired) electrons. The number of amides is 1. The van der Waals surface area contributed by atoms with Crippen molar-refractivity contribution in [1.82, 2.24) is 20.1 Å². The zero-order valence-electron chi connectivity index (χ0n) is 16.3. The van der Waals surface area contributed by atoms with E-state index in [2.05, 4.69) is 16.4 Å². The van der Waals surface area contributed by atoms with Crippen LogP contribution in [0.2, 0.25) is 0 Å². The largest absolute Gasteiger partial charge is 0.481 e. The molecule has 4 rings (SSSR count). The molecule has 1 amide bonds. The van der Waals surface area contributed by atoms with Crippen LogP contribution < -0.4 is 10.1 Å². The molecule has 29 heavy (non-hydrogen) atoms. The standard InChI is InChI=1S/C22H21N5O2/c1-14-13-24-21(29-2)10-17(14)19-11-20-18(7-4-8-27(20)26-19)25-22(28)16-6-3-5-15(9-16)12-23/h3,5-6,9-11,13,18H,4,7-8H2,1-2H3,(H,25,28). The number of hydrogen-bond donors (Lipinski definition) is 1. The third-order valence-corrected chi connectivity index (χ3v) is 5.15. The number of nitrogens with zero attached hydrogens (tertiary/aromatic N) is 4. The first kappa shape index (κ1) is 18.7. The van der Waals surface area contributed by atoms with E-state index < -0.39 is 0 Å². The quantitative estimate of drug-likeness (QED) is 0.741. The summed E-state index contributed by atoms with van der Waals surface area (Å²) in [7, 11) is 1.59. The molecule has 1 atom stereocenters. The molecule has 3 heterocycles. The number of carbonyl (C=O) groups is 1. The molecular formula is C22H21N5O2. The molecule has 1 aliphatic rings. The molecule has 0 saturated carbocycles. The Morgan fingerprint density at radius 3 is 3.00 bits per heavy atom. The Morgan fingerprint density at radius 1 is 1.34 bits per heavy atom. The van der Waals surface area contributed by atoms with Gasteiger partial charge in [0.25, 0.3) is 5.91 Å². The van der Waals surface area contributed by atoms with E-state index in [1.807, 2.05) is 23.7 Å². The number of hydrogen-bond acceptors (Lipinski definition) is 5. The number of nitriles is 1. The Hall–Kier alpha value is -3.66. The second-order valence-electron chi connectivity index (χ2n) is 7.08. The van der Waals surface area contributed by atoms with Crippen LogP contribution in [0.15, 0.2) is 42.6 Å². The molecule has 0 saturated heterocycles. The molecule has 1 aliphatic heterocycles. The number of methoxy groups -OCH3 is 1. The molecule has 0 bridgehead atoms. The number of rotatable bonds is 4. The van der Waals surface area contributed by atoms with Gasteiger partial charge in [-0.3, -0.25) is 9.48 Å². The smallest absolute Gasteiger partial charge is 0.251 e. The minimum Gasteiger partial charge on any atom is -0.481 e. The van der Waals surface area contributed by atoms with Crippen molar-refractivity contribution < 1.29 is 9.53 Å². The SMILES string of the molecule is COc1cc(-c2cc3n(n2)CCCC3NC(=O)c2cccc(C#N)c2)c(C)cn1. The van der Waals surface area contributed by atoms with Crippen LogP contribution >= 0.6 is 0 Å². The molecule has 0 spiro atoms. The van der Waals surface area contributed by atoms with Crippen molar-refractivity contribution >= 4 is 5.91 Å². The van der Waals surface area contributed by atoms with Crippen LogP contribution in [0, 0.1) is 18.3 Å². The fourth-order valence-corrected chi connectivity index (χ4v) is 3.63. The van der Waals surface area contributed by atoms with Gasteiger partial charge in [-0.1, -0.05) is 6.07 Å². The predicted molar refractivity (Wildman–Crippen MR) is 107 cm³/mol. The van der Waals surface area contributed by atoms with E-state index in [1.165, 1.54) is 0 Å². The first-order valence-electron chi connectivity index (χ1n) is 9.49. The second kappa shape index (κ2) is 7.76. The summed E-state index contributed by atoms with van der Waals surface area (Å²) in [5.41, 5.74) is 4.74. The van der Waals surface area contributed by atoms with Gasteiger partial charge in [0.1, 0.15) is 0 Å². The van der Waals surface area contributed by atoms with E-state index in [9.17, 15) is 4.79 Å². The summed E-state index contributed by atoms with van der Waals surface area (Å²) >= 11 is 0. The number of ether oxygens (including phenoxy) is 1. The summed E-state index contributed by atoms with van der Waals surface area (Å²) in [5, 5.41) is 16.9. The van der Waals surface area contributed by atoms with Crippen LogP contribution in [-0.4, -0.2) is 27.8 Å². The molecule has 0 fully saturated rings. The lowest BCUT2D eigenvalue weighted by Crippen LogP contribution is -2.32. The van der Waals surface area contributed by atoms with E-state index in [1.54, 1.807) is 37.6 Å². The monoisotopic (exact) mass is 387 g/mol. The molecule has 7 nitrogen and oxygen atoms in total. The Morgan fingerprint density at radius 2 is 2.21 bits per heavy atom. The third-order valence-electron chi connectivity index (χ3n) is 5.15. The molecular weight excluding hydrogens is 366 g/mol. The van der Waals surface area contributed by atoms with Gasteiger partial charge in [0.15, 0.2) is 0 Å². The Bertz CT molecular complexity index is 1110. The van der Waals surface area contributed by atoms with Gasteiger partial charge < -0.3 is 10.1 Å². The van der Waals surface area contributed by atoms with E-state index in [0.29, 0.717) is 17.0 Å². The Labute approximate surface area is 169 Å². The summed E-state index contributed by atoms with van der Waals surface area (Å²) in [4.78, 5) is 17.0. The van der Waals surface area contributed by atoms with E-state index in [4.69, 9.17) is 15.1 Å². The highest BCUT2D eigenvalue weighted by Crippen LogP contribution is 2.31. The maximum absolute atomic E-state index is 12.7. The van der Waals surface area contributed by atoms with Crippen LogP contribution in [0.4, 0.5) is 0 Å². The average molecular weight is 387 g/mol. The Kier molecular flexibility index (Phi) is 5.00. The molecule has 146 valence electrons. The van der Waals surface area contributed by atoms with Crippen LogP contribution in [0.5, 0.6) is 5.88 Å². The average Bonchev–Trinajstić information content (AvgIpc) is 3.19. The van der Waals surface area contributed by atoms with Crippen molar-refractivity contribution in [2.75, 3.05) is 7.11 Å². The zero-order valence-corrected chi connectivity index (χ0v) is 16.3. The van der Waals surface area contributed by atoms with Crippen LogP contribution in [0.25, 0.3) is 11.3 Å². The van der Waals surface area contributed by atoms with E-state index >= 15 is 0 Å². The number of aryl methyl sites for hydroxylation is 2. The molecule has 7 heteroatoms. The van der Waals surface area contributed by atoms with Gasteiger partial charge in [0, 0.05) is 29.9 Å². The van der Waals surface area contributed by atoms with Crippen molar-refractivity contribution in [3.63, 3.8) is 0 Å². The van der Waals surface area contributed by atoms with E-state index in [0.717, 1.165) is 41.9 Å². The highest BCUT2D eigenvalue weighted by Gasteiger charge is 2.25. The van der Waals surface area contributed by atoms with Crippen LogP contribution in [-0.2, 0) is 6.54 Å². The summed E-state index contributed by atoms with van der Waals surface area (Å²) < 4.78 is 7.21. The second-order valence-corrected chi connectivity index (χ2v) is 7.08. The van der Waals surface area contributed by atoms with Gasteiger partial charge in [-0.05, 0) is 49.6 Å². The zero-order chi connectivity index (χ0) is 20.4. The van der Waals surface area contributed by atoms with Crippen molar-refractivity contribution in [2.45, 2.75) is 32.4 Å². The normalized spacial score (nSPS) is 15.3. The predicted octanol–water partition coefficient (Wildman–Crippen LogP) is 3.40. The molecule has 0 aliphatic carbocycles. The maximum atomic E-state index is 12.7. The number of aromatic nitrogens is 3. The van der Waals surface area contributed by atoms with Crippen molar-refractivity contribution in [3.8, 4) is 23.2 Å². The fourth-order valence-electron chi connectivity index (χ4n) is 3.63. The minimum atomic E-state index is -0.190. The van der Waals surface area contributed by atoms with Gasteiger partial charge in [0.05, 0.1) is 36.2 Å². The molecule has 2 aromatic heterocycles. The first-order chi connectivity index (χ1) is 14.1. The number of nitrogens with one attached hydrogen (secondary N) is 1. The van der Waals surface area contributed by atoms with Gasteiger partial charge in [-0.2, -0.15) is 10.4 Å². The van der Waals surface area contributed by atoms with Gasteiger partial charge in [-0.25, -0.2) is 4.98 Å². The van der Waals surface area contributed by atoms with Gasteiger partial charge in [-0.15, -0.1) is 0 Å². The molecule has 1 aromatic carbocycles.